The van der Waals surface area contributed by atoms with E-state index in [0.717, 1.165) is 5.56 Å². The van der Waals surface area contributed by atoms with Crippen molar-refractivity contribution in [3.05, 3.63) is 42.4 Å². The molecule has 0 aliphatic carbocycles. The Morgan fingerprint density at radius 1 is 1.71 bits per heavy atom. The van der Waals surface area contributed by atoms with Gasteiger partial charge in [-0.15, -0.1) is 0 Å². The Kier molecular flexibility index (Phi) is 3.73. The van der Waals surface area contributed by atoms with Crippen molar-refractivity contribution < 1.29 is 13.9 Å². The van der Waals surface area contributed by atoms with Crippen LogP contribution < -0.4 is 0 Å². The lowest BCUT2D eigenvalue weighted by Gasteiger charge is -1.98. The Balaban J connectivity index is 2.28. The molecule has 3 heteroatoms. The van der Waals surface area contributed by atoms with Crippen LogP contribution in [0, 0.1) is 0 Å². The van der Waals surface area contributed by atoms with E-state index in [0.29, 0.717) is 5.57 Å². The Bertz CT molecular complexity index is 333. The first-order valence-electron chi connectivity index (χ1n) is 4.21. The van der Waals surface area contributed by atoms with Gasteiger partial charge < -0.3 is 9.15 Å². The van der Waals surface area contributed by atoms with E-state index in [4.69, 9.17) is 9.15 Å². The van der Waals surface area contributed by atoms with Gasteiger partial charge in [0.05, 0.1) is 12.5 Å². The van der Waals surface area contributed by atoms with Crippen LogP contribution in [0.3, 0.4) is 0 Å². The van der Waals surface area contributed by atoms with E-state index in [2.05, 4.69) is 6.58 Å². The summed E-state index contributed by atoms with van der Waals surface area (Å²) in [6, 6.07) is 1.82. The average Bonchev–Trinajstić information content (AvgIpc) is 2.64. The molecule has 0 aliphatic heterocycles. The van der Waals surface area contributed by atoms with Crippen molar-refractivity contribution in [1.82, 2.24) is 0 Å². The molecule has 0 aliphatic rings. The van der Waals surface area contributed by atoms with Gasteiger partial charge in [-0.1, -0.05) is 12.7 Å². The van der Waals surface area contributed by atoms with Gasteiger partial charge in [-0.25, -0.2) is 4.79 Å². The van der Waals surface area contributed by atoms with E-state index < -0.39 is 0 Å². The van der Waals surface area contributed by atoms with Crippen molar-refractivity contribution in [1.29, 1.82) is 0 Å². The number of esters is 1. The lowest BCUT2D eigenvalue weighted by atomic mass is 10.3. The van der Waals surface area contributed by atoms with Crippen LogP contribution in [0.15, 0.2) is 41.2 Å². The third-order valence-electron chi connectivity index (χ3n) is 1.51. The summed E-state index contributed by atoms with van der Waals surface area (Å²) >= 11 is 0. The van der Waals surface area contributed by atoms with Crippen molar-refractivity contribution in [3.8, 4) is 0 Å². The number of carbonyl (C=O) groups is 1. The van der Waals surface area contributed by atoms with Crippen LogP contribution in [0.1, 0.15) is 12.5 Å². The molecule has 1 heterocycles. The van der Waals surface area contributed by atoms with Crippen LogP contribution in [0.25, 0.3) is 6.08 Å². The topological polar surface area (TPSA) is 39.4 Å². The molecule has 0 spiro atoms. The fraction of sp³-hybridized carbons (Fsp3) is 0.182. The van der Waals surface area contributed by atoms with Crippen LogP contribution in [0.4, 0.5) is 0 Å². The molecule has 0 fully saturated rings. The van der Waals surface area contributed by atoms with E-state index in [-0.39, 0.29) is 12.6 Å². The molecule has 74 valence electrons. The molecule has 0 saturated heterocycles. The van der Waals surface area contributed by atoms with Crippen molar-refractivity contribution >= 4 is 12.0 Å². The van der Waals surface area contributed by atoms with Crippen LogP contribution in [-0.2, 0) is 9.53 Å². The lowest BCUT2D eigenvalue weighted by molar-refractivity contribution is -0.137. The number of hydrogen-bond acceptors (Lipinski definition) is 3. The molecule has 0 amide bonds. The first-order chi connectivity index (χ1) is 6.70. The fourth-order valence-electron chi connectivity index (χ4n) is 0.801. The maximum Gasteiger partial charge on any atom is 0.333 e. The monoisotopic (exact) mass is 192 g/mol. The lowest BCUT2D eigenvalue weighted by Crippen LogP contribution is -2.04. The second-order valence-electron chi connectivity index (χ2n) is 2.84. The van der Waals surface area contributed by atoms with Gasteiger partial charge in [0.25, 0.3) is 0 Å². The Hall–Kier alpha value is -1.77. The van der Waals surface area contributed by atoms with Crippen LogP contribution in [0.5, 0.6) is 0 Å². The summed E-state index contributed by atoms with van der Waals surface area (Å²) < 4.78 is 9.70. The largest absolute Gasteiger partial charge is 0.472 e. The minimum absolute atomic E-state index is 0.247. The molecule has 1 aromatic heterocycles. The summed E-state index contributed by atoms with van der Waals surface area (Å²) in [5.41, 5.74) is 1.35. The van der Waals surface area contributed by atoms with Crippen LogP contribution >= 0.6 is 0 Å². The van der Waals surface area contributed by atoms with Gasteiger partial charge in [-0.3, -0.25) is 0 Å². The van der Waals surface area contributed by atoms with Crippen molar-refractivity contribution in [3.63, 3.8) is 0 Å². The summed E-state index contributed by atoms with van der Waals surface area (Å²) in [6.45, 7) is 5.33. The number of rotatable bonds is 4. The van der Waals surface area contributed by atoms with Gasteiger partial charge in [0.1, 0.15) is 6.61 Å². The highest BCUT2D eigenvalue weighted by Gasteiger charge is 1.99. The third kappa shape index (κ3) is 3.31. The second kappa shape index (κ2) is 5.07. The van der Waals surface area contributed by atoms with Gasteiger partial charge in [0.2, 0.25) is 0 Å². The second-order valence-corrected chi connectivity index (χ2v) is 2.84. The van der Waals surface area contributed by atoms with Crippen molar-refractivity contribution in [2.75, 3.05) is 6.61 Å². The number of ether oxygens (including phenoxy) is 1. The zero-order chi connectivity index (χ0) is 10.4. The van der Waals surface area contributed by atoms with Crippen LogP contribution in [0.2, 0.25) is 0 Å². The molecule has 0 radical (unpaired) electrons. The maximum absolute atomic E-state index is 10.9. The smallest absolute Gasteiger partial charge is 0.333 e. The predicted octanol–water partition coefficient (Wildman–Crippen LogP) is 2.41. The number of carbonyl (C=O) groups excluding carboxylic acids is 1. The summed E-state index contributed by atoms with van der Waals surface area (Å²) in [5.74, 6) is -0.373. The molecule has 0 unspecified atom stereocenters. The average molecular weight is 192 g/mol. The molecule has 14 heavy (non-hydrogen) atoms. The minimum atomic E-state index is -0.373. The molecule has 0 aromatic carbocycles. The summed E-state index contributed by atoms with van der Waals surface area (Å²) in [6.07, 6.45) is 6.75. The number of hydrogen-bond donors (Lipinski definition) is 0. The molecule has 0 atom stereocenters. The zero-order valence-corrected chi connectivity index (χ0v) is 8.03. The Labute approximate surface area is 82.7 Å². The normalized spacial score (nSPS) is 10.4. The molecular formula is C11H12O3. The van der Waals surface area contributed by atoms with E-state index in [9.17, 15) is 4.79 Å². The first kappa shape index (κ1) is 10.3. The van der Waals surface area contributed by atoms with Crippen LogP contribution in [-0.4, -0.2) is 12.6 Å². The molecule has 1 aromatic rings. The maximum atomic E-state index is 10.9. The van der Waals surface area contributed by atoms with Gasteiger partial charge in [0.15, 0.2) is 0 Å². The Morgan fingerprint density at radius 3 is 3.07 bits per heavy atom. The third-order valence-corrected chi connectivity index (χ3v) is 1.51. The molecule has 0 N–H and O–H groups in total. The Morgan fingerprint density at radius 2 is 2.50 bits per heavy atom. The van der Waals surface area contributed by atoms with Gasteiger partial charge in [-0.05, 0) is 19.1 Å². The SMILES string of the molecule is C=C(C)C(=O)OCC=Cc1ccoc1. The summed E-state index contributed by atoms with van der Waals surface area (Å²) in [7, 11) is 0. The van der Waals surface area contributed by atoms with Crippen molar-refractivity contribution in [2.24, 2.45) is 0 Å². The van der Waals surface area contributed by atoms with E-state index in [1.165, 1.54) is 0 Å². The number of furan rings is 1. The summed E-state index contributed by atoms with van der Waals surface area (Å²) in [5, 5.41) is 0. The highest BCUT2D eigenvalue weighted by molar-refractivity contribution is 5.87. The van der Waals surface area contributed by atoms with E-state index >= 15 is 0 Å². The van der Waals surface area contributed by atoms with Crippen molar-refractivity contribution in [2.45, 2.75) is 6.92 Å². The molecule has 1 rings (SSSR count). The zero-order valence-electron chi connectivity index (χ0n) is 8.03. The van der Waals surface area contributed by atoms with Gasteiger partial charge >= 0.3 is 5.97 Å². The summed E-state index contributed by atoms with van der Waals surface area (Å²) in [4.78, 5) is 10.9. The minimum Gasteiger partial charge on any atom is -0.472 e. The fourth-order valence-corrected chi connectivity index (χ4v) is 0.801. The first-order valence-corrected chi connectivity index (χ1v) is 4.21. The predicted molar refractivity (Wildman–Crippen MR) is 53.5 cm³/mol. The quantitative estimate of drug-likeness (QED) is 0.543. The highest BCUT2D eigenvalue weighted by Crippen LogP contribution is 2.02. The molecular weight excluding hydrogens is 180 g/mol. The molecule has 3 nitrogen and oxygen atoms in total. The van der Waals surface area contributed by atoms with E-state index in [1.54, 1.807) is 25.5 Å². The highest BCUT2D eigenvalue weighted by atomic mass is 16.5. The van der Waals surface area contributed by atoms with Gasteiger partial charge in [-0.2, -0.15) is 0 Å². The van der Waals surface area contributed by atoms with E-state index in [1.807, 2.05) is 12.1 Å². The molecule has 0 bridgehead atoms. The molecule has 0 saturated carbocycles. The standard InChI is InChI=1S/C11H12O3/c1-9(2)11(12)14-6-3-4-10-5-7-13-8-10/h3-5,7-8H,1,6H2,2H3. The van der Waals surface area contributed by atoms with Gasteiger partial charge in [0, 0.05) is 11.1 Å².